The monoisotopic (exact) mass is 385 g/mol. The van der Waals surface area contributed by atoms with Gasteiger partial charge in [-0.2, -0.15) is 0 Å². The Kier molecular flexibility index (Phi) is 5.12. The molecule has 26 heavy (non-hydrogen) atoms. The van der Waals surface area contributed by atoms with E-state index in [0.717, 1.165) is 5.69 Å². The molecule has 138 valence electrons. The van der Waals surface area contributed by atoms with Gasteiger partial charge in [0, 0.05) is 17.9 Å². The van der Waals surface area contributed by atoms with E-state index in [0.29, 0.717) is 33.4 Å². The molecule has 1 N–H and O–H groups in total. The molecule has 0 aliphatic carbocycles. The van der Waals surface area contributed by atoms with Gasteiger partial charge in [0.15, 0.2) is 16.7 Å². The van der Waals surface area contributed by atoms with Crippen LogP contribution >= 0.6 is 11.8 Å². The molecular formula is C16H14F3N3O3S. The molecule has 3 rings (SSSR count). The van der Waals surface area contributed by atoms with Crippen molar-refractivity contribution in [1.82, 2.24) is 15.0 Å². The molecule has 6 nitrogen and oxygen atoms in total. The van der Waals surface area contributed by atoms with Crippen molar-refractivity contribution in [3.05, 3.63) is 36.2 Å². The molecule has 0 radical (unpaired) electrons. The third kappa shape index (κ3) is 4.31. The van der Waals surface area contributed by atoms with E-state index in [2.05, 4.69) is 19.7 Å². The lowest BCUT2D eigenvalue weighted by atomic mass is 10.3. The van der Waals surface area contributed by atoms with Gasteiger partial charge in [0.1, 0.15) is 5.75 Å². The molecule has 10 heteroatoms. The second-order valence-electron chi connectivity index (χ2n) is 5.09. The molecule has 2 heterocycles. The third-order valence-electron chi connectivity index (χ3n) is 3.35. The molecule has 0 saturated carbocycles. The maximum atomic E-state index is 12.3. The molecule has 0 bridgehead atoms. The van der Waals surface area contributed by atoms with E-state index in [1.807, 2.05) is 0 Å². The largest absolute Gasteiger partial charge is 0.573 e. The van der Waals surface area contributed by atoms with Crippen LogP contribution in [0.15, 0.2) is 35.6 Å². The summed E-state index contributed by atoms with van der Waals surface area (Å²) in [7, 11) is 3.06. The number of aromatic amines is 1. The highest BCUT2D eigenvalue weighted by Gasteiger charge is 2.31. The lowest BCUT2D eigenvalue weighted by Gasteiger charge is -2.08. The molecule has 0 spiro atoms. The smallest absolute Gasteiger partial charge is 0.493 e. The zero-order valence-corrected chi connectivity index (χ0v) is 14.6. The van der Waals surface area contributed by atoms with Gasteiger partial charge in [-0.1, -0.05) is 11.8 Å². The fourth-order valence-electron chi connectivity index (χ4n) is 2.23. The summed E-state index contributed by atoms with van der Waals surface area (Å²) in [5, 5.41) is 0.556. The van der Waals surface area contributed by atoms with E-state index in [1.165, 1.54) is 44.2 Å². The lowest BCUT2D eigenvalue weighted by molar-refractivity contribution is -0.274. The van der Waals surface area contributed by atoms with Crippen LogP contribution in [0.25, 0.3) is 11.0 Å². The Labute approximate surface area is 150 Å². The Morgan fingerprint density at radius 1 is 1.12 bits per heavy atom. The van der Waals surface area contributed by atoms with Crippen molar-refractivity contribution in [3.8, 4) is 17.2 Å². The first-order valence-electron chi connectivity index (χ1n) is 7.33. The molecule has 0 atom stereocenters. The molecule has 0 saturated heterocycles. The fraction of sp³-hybridized carbons (Fsp3) is 0.250. The van der Waals surface area contributed by atoms with Gasteiger partial charge in [0.25, 0.3) is 0 Å². The number of hydrogen-bond donors (Lipinski definition) is 1. The number of pyridine rings is 1. The van der Waals surface area contributed by atoms with E-state index in [4.69, 9.17) is 9.47 Å². The molecule has 2 aromatic heterocycles. The van der Waals surface area contributed by atoms with E-state index in [1.54, 1.807) is 12.3 Å². The number of aromatic nitrogens is 3. The number of rotatable bonds is 6. The SMILES string of the molecule is COc1cnc(CSc2nc3ccc(OC(F)(F)F)cc3[nH]2)cc1OC. The summed E-state index contributed by atoms with van der Waals surface area (Å²) in [5.74, 6) is 1.29. The molecule has 0 amide bonds. The Morgan fingerprint density at radius 3 is 2.58 bits per heavy atom. The fourth-order valence-corrected chi connectivity index (χ4v) is 3.02. The second-order valence-corrected chi connectivity index (χ2v) is 6.05. The predicted molar refractivity (Wildman–Crippen MR) is 89.7 cm³/mol. The van der Waals surface area contributed by atoms with Crippen LogP contribution in [-0.2, 0) is 5.75 Å². The number of ether oxygens (including phenoxy) is 3. The molecule has 0 unspecified atom stereocenters. The van der Waals surface area contributed by atoms with Crippen molar-refractivity contribution in [1.29, 1.82) is 0 Å². The van der Waals surface area contributed by atoms with Gasteiger partial charge in [0.05, 0.1) is 37.1 Å². The van der Waals surface area contributed by atoms with Crippen LogP contribution in [0.1, 0.15) is 5.69 Å². The summed E-state index contributed by atoms with van der Waals surface area (Å²) in [6, 6.07) is 5.70. The van der Waals surface area contributed by atoms with E-state index < -0.39 is 6.36 Å². The van der Waals surface area contributed by atoms with Crippen molar-refractivity contribution in [3.63, 3.8) is 0 Å². The van der Waals surface area contributed by atoms with Crippen molar-refractivity contribution >= 4 is 22.8 Å². The maximum absolute atomic E-state index is 12.3. The quantitative estimate of drug-likeness (QED) is 0.643. The number of hydrogen-bond acceptors (Lipinski definition) is 6. The average molecular weight is 385 g/mol. The number of H-pyrrole nitrogens is 1. The van der Waals surface area contributed by atoms with Gasteiger partial charge < -0.3 is 19.2 Å². The molecule has 3 aromatic rings. The van der Waals surface area contributed by atoms with Gasteiger partial charge in [-0.3, -0.25) is 4.98 Å². The van der Waals surface area contributed by atoms with Crippen LogP contribution in [0.5, 0.6) is 17.2 Å². The van der Waals surface area contributed by atoms with E-state index >= 15 is 0 Å². The first kappa shape index (κ1) is 18.2. The summed E-state index contributed by atoms with van der Waals surface area (Å²) in [6.45, 7) is 0. The number of alkyl halides is 3. The maximum Gasteiger partial charge on any atom is 0.573 e. The van der Waals surface area contributed by atoms with Gasteiger partial charge in [-0.25, -0.2) is 4.98 Å². The van der Waals surface area contributed by atoms with Gasteiger partial charge in [0.2, 0.25) is 0 Å². The molecule has 0 fully saturated rings. The summed E-state index contributed by atoms with van der Waals surface area (Å²) < 4.78 is 51.1. The number of nitrogens with zero attached hydrogens (tertiary/aromatic N) is 2. The highest BCUT2D eigenvalue weighted by atomic mass is 32.2. The minimum absolute atomic E-state index is 0.299. The van der Waals surface area contributed by atoms with Crippen molar-refractivity contribution in [2.45, 2.75) is 17.3 Å². The van der Waals surface area contributed by atoms with Crippen molar-refractivity contribution < 1.29 is 27.4 Å². The Bertz CT molecular complexity index is 915. The van der Waals surface area contributed by atoms with Crippen LogP contribution < -0.4 is 14.2 Å². The zero-order chi connectivity index (χ0) is 18.7. The Hall–Kier alpha value is -2.62. The molecule has 0 aliphatic rings. The normalized spacial score (nSPS) is 11.6. The van der Waals surface area contributed by atoms with Crippen molar-refractivity contribution in [2.75, 3.05) is 14.2 Å². The second kappa shape index (κ2) is 7.32. The number of thioether (sulfide) groups is 1. The van der Waals surface area contributed by atoms with Crippen molar-refractivity contribution in [2.24, 2.45) is 0 Å². The Morgan fingerprint density at radius 2 is 1.88 bits per heavy atom. The molecule has 1 aromatic carbocycles. The first-order valence-corrected chi connectivity index (χ1v) is 8.31. The standard InChI is InChI=1S/C16H14F3N3O3S/c1-23-13-5-9(20-7-14(13)24-2)8-26-15-21-11-4-3-10(6-12(11)22-15)25-16(17,18)19/h3-7H,8H2,1-2H3,(H,21,22). The van der Waals surface area contributed by atoms with Crippen LogP contribution in [0.4, 0.5) is 13.2 Å². The van der Waals surface area contributed by atoms with E-state index in [9.17, 15) is 13.2 Å². The summed E-state index contributed by atoms with van der Waals surface area (Å²) in [4.78, 5) is 11.6. The van der Waals surface area contributed by atoms with E-state index in [-0.39, 0.29) is 5.75 Å². The summed E-state index contributed by atoms with van der Waals surface area (Å²) in [6.07, 6.45) is -3.17. The number of fused-ring (bicyclic) bond motifs is 1. The number of nitrogens with one attached hydrogen (secondary N) is 1. The highest BCUT2D eigenvalue weighted by molar-refractivity contribution is 7.98. The number of imidazole rings is 1. The van der Waals surface area contributed by atoms with Crippen LogP contribution in [0, 0.1) is 0 Å². The van der Waals surface area contributed by atoms with Crippen LogP contribution in [-0.4, -0.2) is 35.5 Å². The number of methoxy groups -OCH3 is 2. The van der Waals surface area contributed by atoms with Gasteiger partial charge in [-0.05, 0) is 12.1 Å². The molecule has 0 aliphatic heterocycles. The number of halogens is 3. The van der Waals surface area contributed by atoms with Crippen LogP contribution in [0.2, 0.25) is 0 Å². The Balaban J connectivity index is 1.73. The first-order chi connectivity index (χ1) is 12.4. The third-order valence-corrected chi connectivity index (χ3v) is 4.26. The highest BCUT2D eigenvalue weighted by Crippen LogP contribution is 2.30. The summed E-state index contributed by atoms with van der Waals surface area (Å²) >= 11 is 1.36. The predicted octanol–water partition coefficient (Wildman–Crippen LogP) is 4.17. The van der Waals surface area contributed by atoms with Crippen LogP contribution in [0.3, 0.4) is 0 Å². The minimum Gasteiger partial charge on any atom is -0.493 e. The zero-order valence-electron chi connectivity index (χ0n) is 13.8. The van der Waals surface area contributed by atoms with Gasteiger partial charge >= 0.3 is 6.36 Å². The minimum atomic E-state index is -4.73. The number of benzene rings is 1. The van der Waals surface area contributed by atoms with Gasteiger partial charge in [-0.15, -0.1) is 13.2 Å². The average Bonchev–Trinajstić information content (AvgIpc) is 3.00. The lowest BCUT2D eigenvalue weighted by Crippen LogP contribution is -2.16. The molecular weight excluding hydrogens is 371 g/mol. The topological polar surface area (TPSA) is 69.3 Å². The summed E-state index contributed by atoms with van der Waals surface area (Å²) in [5.41, 5.74) is 1.74.